The molecule has 0 spiro atoms. The molecule has 1 N–H and O–H groups in total. The Hall–Kier alpha value is -2.89. The summed E-state index contributed by atoms with van der Waals surface area (Å²) in [7, 11) is 1.34. The van der Waals surface area contributed by atoms with Gasteiger partial charge < -0.3 is 9.84 Å². The molecule has 0 aliphatic carbocycles. The van der Waals surface area contributed by atoms with Gasteiger partial charge in [-0.05, 0) is 29.8 Å². The van der Waals surface area contributed by atoms with Crippen LogP contribution in [0.4, 0.5) is 0 Å². The van der Waals surface area contributed by atoms with Gasteiger partial charge in [0.1, 0.15) is 5.75 Å². The monoisotopic (exact) mass is 283 g/mol. The van der Waals surface area contributed by atoms with Crippen molar-refractivity contribution in [3.63, 3.8) is 0 Å². The Balaban J connectivity index is 1.90. The molecule has 0 saturated carbocycles. The van der Waals surface area contributed by atoms with E-state index in [2.05, 4.69) is 14.8 Å². The lowest BCUT2D eigenvalue weighted by atomic mass is 10.1. The fourth-order valence-electron chi connectivity index (χ4n) is 2.04. The summed E-state index contributed by atoms with van der Waals surface area (Å²) in [5, 5.41) is 13.6. The second-order valence-electron chi connectivity index (χ2n) is 4.58. The molecule has 2 aromatic heterocycles. The van der Waals surface area contributed by atoms with Gasteiger partial charge in [-0.15, -0.1) is 0 Å². The molecule has 0 aliphatic rings. The number of esters is 1. The summed E-state index contributed by atoms with van der Waals surface area (Å²) in [6.07, 6.45) is 2.14. The minimum atomic E-state index is -0.410. The second-order valence-corrected chi connectivity index (χ2v) is 4.58. The van der Waals surface area contributed by atoms with Crippen LogP contribution in [0.15, 0.2) is 42.6 Å². The molecule has 0 unspecified atom stereocenters. The Morgan fingerprint density at radius 1 is 1.24 bits per heavy atom. The Morgan fingerprint density at radius 3 is 2.71 bits per heavy atom. The number of pyridine rings is 1. The van der Waals surface area contributed by atoms with Crippen LogP contribution in [0.2, 0.25) is 0 Å². The fourth-order valence-corrected chi connectivity index (χ4v) is 2.04. The first-order valence-electron chi connectivity index (χ1n) is 6.37. The van der Waals surface area contributed by atoms with Crippen molar-refractivity contribution < 1.29 is 14.6 Å². The highest BCUT2D eigenvalue weighted by molar-refractivity contribution is 5.89. The van der Waals surface area contributed by atoms with Gasteiger partial charge in [0.05, 0.1) is 12.7 Å². The summed E-state index contributed by atoms with van der Waals surface area (Å²) < 4.78 is 6.23. The van der Waals surface area contributed by atoms with Gasteiger partial charge in [-0.2, -0.15) is 5.10 Å². The number of aromatic nitrogens is 3. The van der Waals surface area contributed by atoms with E-state index in [0.717, 1.165) is 5.56 Å². The average Bonchev–Trinajstić information content (AvgIpc) is 2.90. The molecule has 3 aromatic rings. The molecule has 1 aromatic carbocycles. The number of carbonyl (C=O) groups excluding carboxylic acids is 1. The first-order chi connectivity index (χ1) is 10.2. The number of hydrogen-bond acceptors (Lipinski definition) is 5. The molecule has 0 amide bonds. The summed E-state index contributed by atoms with van der Waals surface area (Å²) in [6.45, 7) is 0. The molecule has 0 fully saturated rings. The van der Waals surface area contributed by atoms with Crippen molar-refractivity contribution in [1.29, 1.82) is 0 Å². The van der Waals surface area contributed by atoms with Gasteiger partial charge in [-0.1, -0.05) is 12.1 Å². The molecule has 2 heterocycles. The third kappa shape index (κ3) is 2.69. The van der Waals surface area contributed by atoms with Gasteiger partial charge in [-0.3, -0.25) is 0 Å². The number of fused-ring (bicyclic) bond motifs is 1. The van der Waals surface area contributed by atoms with Crippen LogP contribution in [-0.4, -0.2) is 32.8 Å². The zero-order valence-electron chi connectivity index (χ0n) is 11.4. The van der Waals surface area contributed by atoms with E-state index in [1.165, 1.54) is 7.11 Å². The third-order valence-electron chi connectivity index (χ3n) is 3.09. The van der Waals surface area contributed by atoms with E-state index in [1.54, 1.807) is 35.0 Å². The van der Waals surface area contributed by atoms with Crippen LogP contribution in [-0.2, 0) is 11.2 Å². The van der Waals surface area contributed by atoms with Crippen LogP contribution >= 0.6 is 0 Å². The number of benzene rings is 1. The average molecular weight is 283 g/mol. The highest BCUT2D eigenvalue weighted by Gasteiger charge is 2.09. The van der Waals surface area contributed by atoms with Crippen molar-refractivity contribution in [2.45, 2.75) is 6.42 Å². The van der Waals surface area contributed by atoms with Crippen LogP contribution in [0.3, 0.4) is 0 Å². The number of phenols is 1. The van der Waals surface area contributed by atoms with Crippen LogP contribution in [0.5, 0.6) is 5.75 Å². The van der Waals surface area contributed by atoms with E-state index < -0.39 is 5.97 Å². The molecule has 0 aliphatic heterocycles. The smallest absolute Gasteiger partial charge is 0.339 e. The van der Waals surface area contributed by atoms with E-state index in [4.69, 9.17) is 0 Å². The SMILES string of the molecule is COC(=O)c1ccc2nc(Cc3ccc(O)cc3)nn2c1. The maximum atomic E-state index is 11.5. The van der Waals surface area contributed by atoms with Gasteiger partial charge in [0.2, 0.25) is 0 Å². The van der Waals surface area contributed by atoms with Crippen molar-refractivity contribution in [1.82, 2.24) is 14.6 Å². The molecular formula is C15H13N3O3. The summed E-state index contributed by atoms with van der Waals surface area (Å²) in [5.41, 5.74) is 2.08. The number of rotatable bonds is 3. The molecule has 6 heteroatoms. The van der Waals surface area contributed by atoms with Crippen molar-refractivity contribution in [3.8, 4) is 5.75 Å². The lowest BCUT2D eigenvalue weighted by molar-refractivity contribution is 0.0600. The Bertz CT molecular complexity index is 794. The van der Waals surface area contributed by atoms with Gasteiger partial charge in [0.15, 0.2) is 11.5 Å². The van der Waals surface area contributed by atoms with Gasteiger partial charge in [0.25, 0.3) is 0 Å². The summed E-state index contributed by atoms with van der Waals surface area (Å²) in [6, 6.07) is 10.3. The normalized spacial score (nSPS) is 10.7. The summed E-state index contributed by atoms with van der Waals surface area (Å²) in [5.74, 6) is 0.458. The van der Waals surface area contributed by atoms with Crippen LogP contribution in [0.25, 0.3) is 5.65 Å². The molecule has 106 valence electrons. The maximum absolute atomic E-state index is 11.5. The van der Waals surface area contributed by atoms with Gasteiger partial charge >= 0.3 is 5.97 Å². The fraction of sp³-hybridized carbons (Fsp3) is 0.133. The molecule has 0 saturated heterocycles. The molecule has 3 rings (SSSR count). The minimum absolute atomic E-state index is 0.226. The maximum Gasteiger partial charge on any atom is 0.339 e. The third-order valence-corrected chi connectivity index (χ3v) is 3.09. The number of ether oxygens (including phenoxy) is 1. The van der Waals surface area contributed by atoms with Gasteiger partial charge in [0, 0.05) is 12.6 Å². The van der Waals surface area contributed by atoms with E-state index in [1.807, 2.05) is 12.1 Å². The minimum Gasteiger partial charge on any atom is -0.508 e. The highest BCUT2D eigenvalue weighted by Crippen LogP contribution is 2.13. The number of aromatic hydroxyl groups is 1. The topological polar surface area (TPSA) is 76.7 Å². The Morgan fingerprint density at radius 2 is 2.00 bits per heavy atom. The largest absolute Gasteiger partial charge is 0.508 e. The Kier molecular flexibility index (Phi) is 3.27. The first-order valence-corrected chi connectivity index (χ1v) is 6.37. The predicted octanol–water partition coefficient (Wildman–Crippen LogP) is 1.81. The van der Waals surface area contributed by atoms with E-state index in [0.29, 0.717) is 23.5 Å². The number of phenolic OH excluding ortho intramolecular Hbond substituents is 1. The molecule has 0 atom stereocenters. The lowest BCUT2D eigenvalue weighted by Gasteiger charge is -1.98. The predicted molar refractivity (Wildman–Crippen MR) is 75.2 cm³/mol. The molecule has 0 radical (unpaired) electrons. The van der Waals surface area contributed by atoms with Crippen LogP contribution < -0.4 is 0 Å². The first kappa shape index (κ1) is 13.1. The summed E-state index contributed by atoms with van der Waals surface area (Å²) >= 11 is 0. The van der Waals surface area contributed by atoms with E-state index in [-0.39, 0.29) is 5.75 Å². The van der Waals surface area contributed by atoms with Crippen molar-refractivity contribution in [3.05, 3.63) is 59.5 Å². The number of nitrogens with zero attached hydrogens (tertiary/aromatic N) is 3. The molecule has 0 bridgehead atoms. The standard InChI is InChI=1S/C15H13N3O3/c1-21-15(20)11-4-7-14-16-13(17-18(14)9-11)8-10-2-5-12(19)6-3-10/h2-7,9,19H,8H2,1H3. The lowest BCUT2D eigenvalue weighted by Crippen LogP contribution is -2.03. The van der Waals surface area contributed by atoms with E-state index in [9.17, 15) is 9.90 Å². The number of hydrogen-bond donors (Lipinski definition) is 1. The summed E-state index contributed by atoms with van der Waals surface area (Å²) in [4.78, 5) is 15.9. The molecular weight excluding hydrogens is 270 g/mol. The van der Waals surface area contributed by atoms with Crippen molar-refractivity contribution in [2.75, 3.05) is 7.11 Å². The zero-order chi connectivity index (χ0) is 14.8. The van der Waals surface area contributed by atoms with Crippen molar-refractivity contribution in [2.24, 2.45) is 0 Å². The van der Waals surface area contributed by atoms with Crippen LogP contribution in [0, 0.1) is 0 Å². The van der Waals surface area contributed by atoms with Crippen molar-refractivity contribution >= 4 is 11.6 Å². The zero-order valence-corrected chi connectivity index (χ0v) is 11.4. The molecule has 21 heavy (non-hydrogen) atoms. The number of methoxy groups -OCH3 is 1. The van der Waals surface area contributed by atoms with Gasteiger partial charge in [-0.25, -0.2) is 14.3 Å². The Labute approximate surface area is 120 Å². The second kappa shape index (κ2) is 5.24. The van der Waals surface area contributed by atoms with Crippen LogP contribution in [0.1, 0.15) is 21.7 Å². The molecule has 6 nitrogen and oxygen atoms in total. The highest BCUT2D eigenvalue weighted by atomic mass is 16.5. The van der Waals surface area contributed by atoms with E-state index >= 15 is 0 Å². The number of carbonyl (C=O) groups is 1. The quantitative estimate of drug-likeness (QED) is 0.742.